The molecule has 3 nitrogen and oxygen atoms in total. The smallest absolute Gasteiger partial charge is 0.421 e. The first-order chi connectivity index (χ1) is 10.3. The van der Waals surface area contributed by atoms with E-state index in [0.717, 1.165) is 17.5 Å². The fourth-order valence-electron chi connectivity index (χ4n) is 1.84. The second-order valence-corrected chi connectivity index (χ2v) is 4.46. The van der Waals surface area contributed by atoms with Crippen molar-refractivity contribution in [1.29, 1.82) is 0 Å². The Hall–Kier alpha value is -2.73. The number of amides is 1. The molecule has 21 heavy (non-hydrogen) atoms. The van der Waals surface area contributed by atoms with E-state index in [1.165, 1.54) is 12.0 Å². The van der Waals surface area contributed by atoms with Gasteiger partial charge in [0.1, 0.15) is 0 Å². The molecule has 0 saturated carbocycles. The van der Waals surface area contributed by atoms with Crippen LogP contribution >= 0.6 is 0 Å². The average molecular weight is 279 g/mol. The van der Waals surface area contributed by atoms with Crippen molar-refractivity contribution in [3.05, 3.63) is 71.8 Å². The summed E-state index contributed by atoms with van der Waals surface area (Å²) >= 11 is 0. The first kappa shape index (κ1) is 14.7. The zero-order valence-electron chi connectivity index (χ0n) is 12.0. The Morgan fingerprint density at radius 1 is 1.05 bits per heavy atom. The molecular formula is C18H17NO2. The van der Waals surface area contributed by atoms with Gasteiger partial charge >= 0.3 is 6.09 Å². The molecule has 0 radical (unpaired) electrons. The molecule has 1 amide bonds. The number of nitrogens with zero attached hydrogens (tertiary/aromatic N) is 1. The number of rotatable bonds is 3. The predicted molar refractivity (Wildman–Crippen MR) is 82.6 cm³/mol. The minimum Gasteiger partial charge on any atom is -0.452 e. The molecule has 2 aromatic rings. The Morgan fingerprint density at radius 3 is 2.29 bits per heavy atom. The second-order valence-electron chi connectivity index (χ2n) is 4.46. The van der Waals surface area contributed by atoms with E-state index in [1.54, 1.807) is 0 Å². The van der Waals surface area contributed by atoms with Gasteiger partial charge < -0.3 is 4.74 Å². The zero-order chi connectivity index (χ0) is 14.9. The molecule has 0 aromatic heterocycles. The molecule has 0 saturated heterocycles. The molecule has 0 bridgehead atoms. The Labute approximate surface area is 125 Å². The lowest BCUT2D eigenvalue weighted by atomic mass is 10.1. The lowest BCUT2D eigenvalue weighted by molar-refractivity contribution is 0.143. The zero-order valence-corrected chi connectivity index (χ0v) is 12.0. The van der Waals surface area contributed by atoms with Crippen LogP contribution < -0.4 is 0 Å². The molecule has 0 aliphatic heterocycles. The van der Waals surface area contributed by atoms with E-state index in [2.05, 4.69) is 12.0 Å². The minimum atomic E-state index is -0.436. The van der Waals surface area contributed by atoms with Gasteiger partial charge in [0.25, 0.3) is 0 Å². The van der Waals surface area contributed by atoms with Gasteiger partial charge in [0.2, 0.25) is 0 Å². The molecular weight excluding hydrogens is 262 g/mol. The van der Waals surface area contributed by atoms with Crippen LogP contribution in [-0.2, 0) is 11.2 Å². The third-order valence-corrected chi connectivity index (χ3v) is 2.97. The number of carbonyl (C=O) groups is 1. The van der Waals surface area contributed by atoms with Gasteiger partial charge in [-0.3, -0.25) is 0 Å². The largest absolute Gasteiger partial charge is 0.452 e. The summed E-state index contributed by atoms with van der Waals surface area (Å²) in [6, 6.07) is 22.4. The van der Waals surface area contributed by atoms with Gasteiger partial charge in [-0.25, -0.2) is 9.69 Å². The third kappa shape index (κ3) is 4.70. The lowest BCUT2D eigenvalue weighted by Crippen LogP contribution is -2.28. The van der Waals surface area contributed by atoms with E-state index in [9.17, 15) is 4.79 Å². The number of methoxy groups -OCH3 is 1. The highest BCUT2D eigenvalue weighted by molar-refractivity contribution is 5.70. The van der Waals surface area contributed by atoms with Gasteiger partial charge in [-0.2, -0.15) is 0 Å². The number of ether oxygens (including phenoxy) is 1. The van der Waals surface area contributed by atoms with E-state index in [0.29, 0.717) is 6.54 Å². The molecule has 0 unspecified atom stereocenters. The number of carbonyl (C=O) groups excluding carboxylic acids is 1. The summed E-state index contributed by atoms with van der Waals surface area (Å²) in [6.45, 7) is 0.497. The number of benzene rings is 2. The van der Waals surface area contributed by atoms with Crippen molar-refractivity contribution in [3.8, 4) is 12.0 Å². The summed E-state index contributed by atoms with van der Waals surface area (Å²) in [7, 11) is 1.36. The Bertz CT molecular complexity index is 627. The van der Waals surface area contributed by atoms with Crippen LogP contribution in [0.2, 0.25) is 0 Å². The fraction of sp³-hybridized carbons (Fsp3) is 0.167. The standard InChI is InChI=1S/C18H17NO2/c1-21-18(20)19(14-12-16-8-4-2-5-9-16)15-13-17-10-6-3-7-11-17/h2-11H,12,14H2,1H3. The van der Waals surface area contributed by atoms with E-state index in [-0.39, 0.29) is 0 Å². The molecule has 2 rings (SSSR count). The monoisotopic (exact) mass is 279 g/mol. The van der Waals surface area contributed by atoms with E-state index >= 15 is 0 Å². The van der Waals surface area contributed by atoms with Crippen molar-refractivity contribution >= 4 is 6.09 Å². The Balaban J connectivity index is 2.05. The molecule has 0 atom stereocenters. The van der Waals surface area contributed by atoms with Gasteiger partial charge in [-0.15, -0.1) is 0 Å². The quantitative estimate of drug-likeness (QED) is 0.637. The van der Waals surface area contributed by atoms with Crippen LogP contribution in [0.1, 0.15) is 11.1 Å². The molecule has 0 N–H and O–H groups in total. The number of hydrogen-bond acceptors (Lipinski definition) is 2. The van der Waals surface area contributed by atoms with Crippen LogP contribution in [0.25, 0.3) is 0 Å². The molecule has 0 fully saturated rings. The average Bonchev–Trinajstić information content (AvgIpc) is 2.56. The normalized spacial score (nSPS) is 9.38. The van der Waals surface area contributed by atoms with Crippen LogP contribution in [-0.4, -0.2) is 24.6 Å². The summed E-state index contributed by atoms with van der Waals surface area (Å²) in [5.41, 5.74) is 2.03. The summed E-state index contributed by atoms with van der Waals surface area (Å²) in [5, 5.41) is 0. The third-order valence-electron chi connectivity index (χ3n) is 2.97. The maximum atomic E-state index is 11.8. The summed E-state index contributed by atoms with van der Waals surface area (Å²) in [5.74, 6) is 2.97. The van der Waals surface area contributed by atoms with Gasteiger partial charge in [0.05, 0.1) is 7.11 Å². The van der Waals surface area contributed by atoms with E-state index in [1.807, 2.05) is 60.7 Å². The molecule has 106 valence electrons. The predicted octanol–water partition coefficient (Wildman–Crippen LogP) is 3.31. The van der Waals surface area contributed by atoms with Gasteiger partial charge in [0, 0.05) is 18.2 Å². The van der Waals surface area contributed by atoms with Crippen molar-refractivity contribution in [2.24, 2.45) is 0 Å². The van der Waals surface area contributed by atoms with E-state index < -0.39 is 6.09 Å². The SMILES string of the molecule is COC(=O)N(C#Cc1ccccc1)CCc1ccccc1. The van der Waals surface area contributed by atoms with Crippen molar-refractivity contribution in [2.75, 3.05) is 13.7 Å². The van der Waals surface area contributed by atoms with Crippen molar-refractivity contribution < 1.29 is 9.53 Å². The Morgan fingerprint density at radius 2 is 1.67 bits per heavy atom. The summed E-state index contributed by atoms with van der Waals surface area (Å²) in [6.07, 6.45) is 0.300. The maximum absolute atomic E-state index is 11.8. The highest BCUT2D eigenvalue weighted by Crippen LogP contribution is 2.03. The topological polar surface area (TPSA) is 29.5 Å². The van der Waals surface area contributed by atoms with Gasteiger partial charge in [0.15, 0.2) is 0 Å². The second kappa shape index (κ2) is 7.76. The highest BCUT2D eigenvalue weighted by atomic mass is 16.5. The van der Waals surface area contributed by atoms with Crippen LogP contribution in [0.15, 0.2) is 60.7 Å². The minimum absolute atomic E-state index is 0.436. The fourth-order valence-corrected chi connectivity index (χ4v) is 1.84. The molecule has 2 aromatic carbocycles. The van der Waals surface area contributed by atoms with Crippen LogP contribution in [0.5, 0.6) is 0 Å². The summed E-state index contributed by atoms with van der Waals surface area (Å²) < 4.78 is 4.77. The van der Waals surface area contributed by atoms with Crippen molar-refractivity contribution in [2.45, 2.75) is 6.42 Å². The number of hydrogen-bond donors (Lipinski definition) is 0. The van der Waals surface area contributed by atoms with Crippen molar-refractivity contribution in [3.63, 3.8) is 0 Å². The maximum Gasteiger partial charge on any atom is 0.421 e. The molecule has 0 heterocycles. The highest BCUT2D eigenvalue weighted by Gasteiger charge is 2.10. The molecule has 0 aliphatic rings. The summed E-state index contributed by atoms with van der Waals surface area (Å²) in [4.78, 5) is 13.2. The van der Waals surface area contributed by atoms with Crippen molar-refractivity contribution in [1.82, 2.24) is 4.90 Å². The van der Waals surface area contributed by atoms with Crippen LogP contribution in [0, 0.1) is 12.0 Å². The van der Waals surface area contributed by atoms with Gasteiger partial charge in [-0.1, -0.05) is 48.5 Å². The van der Waals surface area contributed by atoms with Crippen LogP contribution in [0.3, 0.4) is 0 Å². The van der Waals surface area contributed by atoms with Gasteiger partial charge in [-0.05, 0) is 30.0 Å². The first-order valence-electron chi connectivity index (χ1n) is 6.75. The molecule has 3 heteroatoms. The lowest BCUT2D eigenvalue weighted by Gasteiger charge is -2.13. The Kier molecular flexibility index (Phi) is 5.42. The molecule has 0 aliphatic carbocycles. The first-order valence-corrected chi connectivity index (χ1v) is 6.75. The van der Waals surface area contributed by atoms with Crippen LogP contribution in [0.4, 0.5) is 4.79 Å². The van der Waals surface area contributed by atoms with E-state index in [4.69, 9.17) is 4.74 Å². The molecule has 0 spiro atoms.